The Hall–Kier alpha value is -3.89. The third-order valence-corrected chi connectivity index (χ3v) is 6.76. The van der Waals surface area contributed by atoms with E-state index in [9.17, 15) is 18.0 Å². The average Bonchev–Trinajstić information content (AvgIpc) is 3.38. The second-order valence-electron chi connectivity index (χ2n) is 9.78. The second kappa shape index (κ2) is 12.3. The fourth-order valence-corrected chi connectivity index (χ4v) is 4.42. The summed E-state index contributed by atoms with van der Waals surface area (Å²) in [5.74, 6) is -1.19. The van der Waals surface area contributed by atoms with Gasteiger partial charge in [-0.25, -0.2) is 14.8 Å². The zero-order chi connectivity index (χ0) is 28.0. The number of carbonyl (C=O) groups excluding carboxylic acids is 1. The number of aromatic nitrogens is 3. The number of anilines is 1. The maximum atomic E-state index is 13.5. The van der Waals surface area contributed by atoms with Crippen LogP contribution in [0.5, 0.6) is 0 Å². The number of alkyl halides is 3. The fraction of sp³-hybridized carbons (Fsp3) is 0.429. The average molecular weight is 544 g/mol. The molecule has 1 aliphatic heterocycles. The van der Waals surface area contributed by atoms with Crippen LogP contribution in [0.2, 0.25) is 0 Å². The quantitative estimate of drug-likeness (QED) is 0.417. The largest absolute Gasteiger partial charge is 0.490 e. The van der Waals surface area contributed by atoms with Crippen molar-refractivity contribution < 1.29 is 27.9 Å². The maximum Gasteiger partial charge on any atom is 0.490 e. The van der Waals surface area contributed by atoms with Crippen molar-refractivity contribution in [3.63, 3.8) is 0 Å². The van der Waals surface area contributed by atoms with Crippen molar-refractivity contribution in [2.45, 2.75) is 51.9 Å². The molecule has 3 aromatic rings. The number of carboxylic acid groups (broad SMARTS) is 1. The lowest BCUT2D eigenvalue weighted by atomic mass is 10.1. The van der Waals surface area contributed by atoms with Crippen LogP contribution in [0.15, 0.2) is 55.0 Å². The summed E-state index contributed by atoms with van der Waals surface area (Å²) in [5, 5.41) is 7.12. The molecule has 208 valence electrons. The molecule has 2 aromatic heterocycles. The van der Waals surface area contributed by atoms with Crippen molar-refractivity contribution in [3.8, 4) is 11.1 Å². The highest BCUT2D eigenvalue weighted by Gasteiger charge is 2.38. The Bertz CT molecular complexity index is 1250. The molecule has 8 nitrogen and oxygen atoms in total. The van der Waals surface area contributed by atoms with Gasteiger partial charge in [0.25, 0.3) is 5.91 Å². The predicted octanol–water partition coefficient (Wildman–Crippen LogP) is 5.25. The van der Waals surface area contributed by atoms with E-state index in [-0.39, 0.29) is 5.91 Å². The van der Waals surface area contributed by atoms with E-state index in [1.54, 1.807) is 0 Å². The van der Waals surface area contributed by atoms with Gasteiger partial charge in [0.05, 0.1) is 0 Å². The van der Waals surface area contributed by atoms with Crippen LogP contribution < -0.4 is 4.90 Å². The van der Waals surface area contributed by atoms with E-state index < -0.39 is 12.1 Å². The van der Waals surface area contributed by atoms with Crippen molar-refractivity contribution in [1.29, 1.82) is 0 Å². The standard InChI is InChI=1S/C26H31N5O.C2HF3O2/c1-2-29(17-20-8-4-3-5-9-20)25(32)24-14-22(19-31(24)18-21-10-11-21)23-15-27-26(28-16-23)30-12-6-7-13-30;3-2(4,5)1(6)7/h3-5,8-9,14-16,19,21H,2,6-7,10-13,17-18H2,1H3;(H,6,7). The minimum absolute atomic E-state index is 0.0814. The van der Waals surface area contributed by atoms with Gasteiger partial charge >= 0.3 is 12.1 Å². The zero-order valence-electron chi connectivity index (χ0n) is 21.8. The van der Waals surface area contributed by atoms with Crippen LogP contribution in [0.3, 0.4) is 0 Å². The van der Waals surface area contributed by atoms with Crippen molar-refractivity contribution in [2.75, 3.05) is 24.5 Å². The van der Waals surface area contributed by atoms with E-state index >= 15 is 0 Å². The molecule has 5 rings (SSSR count). The number of benzene rings is 1. The van der Waals surface area contributed by atoms with E-state index in [4.69, 9.17) is 9.90 Å². The monoisotopic (exact) mass is 543 g/mol. The third-order valence-electron chi connectivity index (χ3n) is 6.76. The van der Waals surface area contributed by atoms with Crippen LogP contribution in [0.4, 0.5) is 19.1 Å². The molecule has 39 heavy (non-hydrogen) atoms. The molecule has 1 amide bonds. The number of aliphatic carboxylic acids is 1. The van der Waals surface area contributed by atoms with Crippen molar-refractivity contribution in [3.05, 3.63) is 66.2 Å². The Labute approximate surface area is 225 Å². The molecule has 2 fully saturated rings. The van der Waals surface area contributed by atoms with Gasteiger partial charge in [-0.15, -0.1) is 0 Å². The molecule has 0 unspecified atom stereocenters. The molecule has 0 spiro atoms. The van der Waals surface area contributed by atoms with E-state index in [2.05, 4.69) is 37.8 Å². The van der Waals surface area contributed by atoms with Crippen molar-refractivity contribution in [2.24, 2.45) is 5.92 Å². The van der Waals surface area contributed by atoms with Crippen LogP contribution in [0.1, 0.15) is 48.7 Å². The van der Waals surface area contributed by atoms with Crippen LogP contribution >= 0.6 is 0 Å². The number of hydrogen-bond acceptors (Lipinski definition) is 5. The molecule has 11 heteroatoms. The number of rotatable bonds is 8. The molecule has 1 N–H and O–H groups in total. The minimum atomic E-state index is -5.08. The van der Waals surface area contributed by atoms with E-state index in [1.165, 1.54) is 25.7 Å². The van der Waals surface area contributed by atoms with Crippen LogP contribution in [0, 0.1) is 5.92 Å². The molecule has 3 heterocycles. The predicted molar refractivity (Wildman–Crippen MR) is 140 cm³/mol. The zero-order valence-corrected chi connectivity index (χ0v) is 21.8. The molecule has 1 aliphatic carbocycles. The smallest absolute Gasteiger partial charge is 0.475 e. The van der Waals surface area contributed by atoms with Gasteiger partial charge in [0.1, 0.15) is 5.69 Å². The Balaban J connectivity index is 0.000000448. The summed E-state index contributed by atoms with van der Waals surface area (Å²) >= 11 is 0. The van der Waals surface area contributed by atoms with Gasteiger partial charge in [-0.2, -0.15) is 13.2 Å². The Kier molecular flexibility index (Phi) is 8.88. The molecule has 0 radical (unpaired) electrons. The number of halogens is 3. The summed E-state index contributed by atoms with van der Waals surface area (Å²) in [4.78, 5) is 35.8. The summed E-state index contributed by atoms with van der Waals surface area (Å²) in [7, 11) is 0. The Morgan fingerprint density at radius 1 is 1.05 bits per heavy atom. The number of carbonyl (C=O) groups is 2. The number of amides is 1. The molecule has 1 saturated carbocycles. The Morgan fingerprint density at radius 3 is 2.21 bits per heavy atom. The fourth-order valence-electron chi connectivity index (χ4n) is 4.42. The molecule has 2 aliphatic rings. The summed E-state index contributed by atoms with van der Waals surface area (Å²) < 4.78 is 33.9. The number of carboxylic acids is 1. The highest BCUT2D eigenvalue weighted by atomic mass is 19.4. The topological polar surface area (TPSA) is 91.6 Å². The highest BCUT2D eigenvalue weighted by molar-refractivity contribution is 5.94. The van der Waals surface area contributed by atoms with Gasteiger partial charge in [0.2, 0.25) is 5.95 Å². The normalized spacial score (nSPS) is 15.0. The summed E-state index contributed by atoms with van der Waals surface area (Å²) in [6.07, 6.45) is 5.72. The van der Waals surface area contributed by atoms with E-state index in [1.807, 2.05) is 48.5 Å². The van der Waals surface area contributed by atoms with Crippen LogP contribution in [-0.4, -0.2) is 62.2 Å². The molecular weight excluding hydrogens is 511 g/mol. The Morgan fingerprint density at radius 2 is 1.67 bits per heavy atom. The summed E-state index contributed by atoms with van der Waals surface area (Å²) in [6, 6.07) is 12.2. The molecular formula is C28H32F3N5O3. The van der Waals surface area contributed by atoms with Crippen LogP contribution in [-0.2, 0) is 17.9 Å². The van der Waals surface area contributed by atoms with Crippen molar-refractivity contribution in [1.82, 2.24) is 19.4 Å². The van der Waals surface area contributed by atoms with E-state index in [0.717, 1.165) is 48.0 Å². The first-order valence-corrected chi connectivity index (χ1v) is 13.1. The SMILES string of the molecule is CCN(Cc1ccccc1)C(=O)c1cc(-c2cnc(N3CCCC3)nc2)cn1CC1CC1.O=C(O)C(F)(F)F. The third kappa shape index (κ3) is 7.58. The minimum Gasteiger partial charge on any atom is -0.475 e. The lowest BCUT2D eigenvalue weighted by Gasteiger charge is -2.22. The van der Waals surface area contributed by atoms with Gasteiger partial charge in [-0.05, 0) is 50.2 Å². The first-order valence-electron chi connectivity index (χ1n) is 13.1. The molecule has 0 atom stereocenters. The number of hydrogen-bond donors (Lipinski definition) is 1. The van der Waals surface area contributed by atoms with E-state index in [0.29, 0.717) is 19.0 Å². The first kappa shape index (κ1) is 28.1. The lowest BCUT2D eigenvalue weighted by Crippen LogP contribution is -2.32. The molecule has 1 aromatic carbocycles. The van der Waals surface area contributed by atoms with Gasteiger partial charge in [-0.3, -0.25) is 4.79 Å². The highest BCUT2D eigenvalue weighted by Crippen LogP contribution is 2.33. The van der Waals surface area contributed by atoms with Crippen molar-refractivity contribution >= 4 is 17.8 Å². The second-order valence-corrected chi connectivity index (χ2v) is 9.78. The first-order chi connectivity index (χ1) is 18.7. The van der Waals surface area contributed by atoms with Crippen LogP contribution in [0.25, 0.3) is 11.1 Å². The summed E-state index contributed by atoms with van der Waals surface area (Å²) in [5.41, 5.74) is 3.88. The lowest BCUT2D eigenvalue weighted by molar-refractivity contribution is -0.192. The maximum absolute atomic E-state index is 13.5. The van der Waals surface area contributed by atoms with Gasteiger partial charge in [0.15, 0.2) is 0 Å². The summed E-state index contributed by atoms with van der Waals surface area (Å²) in [6.45, 7) is 6.30. The number of nitrogens with zero attached hydrogens (tertiary/aromatic N) is 5. The van der Waals surface area contributed by atoms with Gasteiger partial charge < -0.3 is 19.5 Å². The van der Waals surface area contributed by atoms with Gasteiger partial charge in [0, 0.05) is 62.4 Å². The molecule has 0 bridgehead atoms. The van der Waals surface area contributed by atoms with Gasteiger partial charge in [-0.1, -0.05) is 30.3 Å². The molecule has 1 saturated heterocycles.